The Morgan fingerprint density at radius 1 is 0.792 bits per heavy atom. The molecule has 2 nitrogen and oxygen atoms in total. The number of para-hydroxylation sites is 2. The normalized spacial score (nSPS) is 10.6. The van der Waals surface area contributed by atoms with Gasteiger partial charge in [0.05, 0.1) is 0 Å². The van der Waals surface area contributed by atoms with Crippen molar-refractivity contribution in [2.24, 2.45) is 0 Å². The second-order valence-corrected chi connectivity index (χ2v) is 6.18. The maximum atomic E-state index is 10.1. The maximum absolute atomic E-state index is 10.1. The van der Waals surface area contributed by atoms with Gasteiger partial charge in [-0.25, -0.2) is 0 Å². The molecule has 0 saturated heterocycles. The highest BCUT2D eigenvalue weighted by Crippen LogP contribution is 2.36. The third-order valence-corrected chi connectivity index (χ3v) is 4.29. The fourth-order valence-electron chi connectivity index (χ4n) is 3.10. The molecule has 0 radical (unpaired) electrons. The molecule has 0 aliphatic carbocycles. The molecule has 122 valence electrons. The van der Waals surface area contributed by atoms with E-state index in [2.05, 4.69) is 32.9 Å². The fraction of sp³-hybridized carbons (Fsp3) is 0.182. The van der Waals surface area contributed by atoms with Crippen molar-refractivity contribution in [3.63, 3.8) is 0 Å². The van der Waals surface area contributed by atoms with Crippen LogP contribution in [-0.2, 0) is 6.61 Å². The summed E-state index contributed by atoms with van der Waals surface area (Å²) in [6.45, 7) is 6.86. The molecule has 3 rings (SSSR count). The lowest BCUT2D eigenvalue weighted by atomic mass is 10.0. The predicted molar refractivity (Wildman–Crippen MR) is 98.5 cm³/mol. The largest absolute Gasteiger partial charge is 0.507 e. The number of phenolic OH excluding ortho intramolecular Hbond substituents is 1. The quantitative estimate of drug-likeness (QED) is 0.682. The third kappa shape index (κ3) is 3.28. The third-order valence-electron chi connectivity index (χ3n) is 4.29. The predicted octanol–water partition coefficient (Wildman–Crippen LogP) is 5.56. The van der Waals surface area contributed by atoms with Crippen molar-refractivity contribution in [2.75, 3.05) is 0 Å². The Kier molecular flexibility index (Phi) is 4.57. The number of ether oxygens (including phenoxy) is 1. The first-order valence-electron chi connectivity index (χ1n) is 8.13. The van der Waals surface area contributed by atoms with Crippen LogP contribution in [0.15, 0.2) is 60.7 Å². The zero-order chi connectivity index (χ0) is 17.1. The fourth-order valence-corrected chi connectivity index (χ4v) is 3.10. The van der Waals surface area contributed by atoms with E-state index in [0.29, 0.717) is 6.61 Å². The first-order chi connectivity index (χ1) is 11.6. The zero-order valence-corrected chi connectivity index (χ0v) is 14.3. The molecular weight excluding hydrogens is 296 g/mol. The van der Waals surface area contributed by atoms with Crippen molar-refractivity contribution >= 4 is 0 Å². The average molecular weight is 318 g/mol. The first-order valence-corrected chi connectivity index (χ1v) is 8.13. The Balaban J connectivity index is 1.91. The van der Waals surface area contributed by atoms with Crippen molar-refractivity contribution in [2.45, 2.75) is 27.4 Å². The summed E-state index contributed by atoms with van der Waals surface area (Å²) < 4.78 is 6.12. The molecule has 0 bridgehead atoms. The maximum Gasteiger partial charge on any atom is 0.127 e. The van der Waals surface area contributed by atoms with E-state index in [9.17, 15) is 5.11 Å². The molecule has 1 N–H and O–H groups in total. The van der Waals surface area contributed by atoms with Gasteiger partial charge in [0.25, 0.3) is 0 Å². The Morgan fingerprint density at radius 3 is 2.04 bits per heavy atom. The van der Waals surface area contributed by atoms with E-state index in [1.54, 1.807) is 6.07 Å². The average Bonchev–Trinajstić information content (AvgIpc) is 2.55. The number of rotatable bonds is 4. The highest BCUT2D eigenvalue weighted by molar-refractivity contribution is 5.75. The van der Waals surface area contributed by atoms with Crippen LogP contribution in [0.25, 0.3) is 11.1 Å². The van der Waals surface area contributed by atoms with Gasteiger partial charge in [0.2, 0.25) is 0 Å². The van der Waals surface area contributed by atoms with Crippen LogP contribution in [0.1, 0.15) is 22.3 Å². The molecule has 24 heavy (non-hydrogen) atoms. The Morgan fingerprint density at radius 2 is 1.38 bits per heavy atom. The lowest BCUT2D eigenvalue weighted by molar-refractivity contribution is 0.306. The summed E-state index contributed by atoms with van der Waals surface area (Å²) in [4.78, 5) is 0. The lowest BCUT2D eigenvalue weighted by Gasteiger charge is -2.15. The van der Waals surface area contributed by atoms with Crippen LogP contribution < -0.4 is 4.74 Å². The second kappa shape index (κ2) is 6.79. The van der Waals surface area contributed by atoms with Crippen molar-refractivity contribution < 1.29 is 9.84 Å². The van der Waals surface area contributed by atoms with Gasteiger partial charge in [-0.15, -0.1) is 0 Å². The molecule has 0 aliphatic rings. The van der Waals surface area contributed by atoms with Crippen LogP contribution in [0.3, 0.4) is 0 Å². The van der Waals surface area contributed by atoms with Crippen LogP contribution in [0, 0.1) is 20.8 Å². The molecule has 3 aromatic carbocycles. The molecule has 0 amide bonds. The van der Waals surface area contributed by atoms with Crippen molar-refractivity contribution in [3.8, 4) is 22.6 Å². The molecule has 0 aromatic heterocycles. The molecule has 0 fully saturated rings. The van der Waals surface area contributed by atoms with Crippen molar-refractivity contribution in [3.05, 3.63) is 82.9 Å². The van der Waals surface area contributed by atoms with Gasteiger partial charge in [0.15, 0.2) is 0 Å². The Bertz CT molecular complexity index is 842. The molecule has 0 aliphatic heterocycles. The Hall–Kier alpha value is -2.74. The molecule has 3 aromatic rings. The van der Waals surface area contributed by atoms with Crippen LogP contribution in [0.4, 0.5) is 0 Å². The summed E-state index contributed by atoms with van der Waals surface area (Å²) in [7, 11) is 0. The minimum Gasteiger partial charge on any atom is -0.507 e. The molecule has 0 saturated carbocycles. The van der Waals surface area contributed by atoms with Crippen molar-refractivity contribution in [1.82, 2.24) is 0 Å². The molecular formula is C22H22O2. The lowest BCUT2D eigenvalue weighted by Crippen LogP contribution is -2.02. The van der Waals surface area contributed by atoms with Crippen LogP contribution >= 0.6 is 0 Å². The summed E-state index contributed by atoms with van der Waals surface area (Å²) in [6, 6.07) is 19.5. The summed E-state index contributed by atoms with van der Waals surface area (Å²) in [5.41, 5.74) is 6.65. The number of benzene rings is 3. The van der Waals surface area contributed by atoms with Gasteiger partial charge in [-0.3, -0.25) is 0 Å². The number of hydrogen-bond donors (Lipinski definition) is 1. The van der Waals surface area contributed by atoms with Crippen LogP contribution in [0.5, 0.6) is 11.5 Å². The highest BCUT2D eigenvalue weighted by Gasteiger charge is 2.11. The standard InChI is InChI=1S/C22H22O2/c1-15-12-16(2)20(17(3)13-15)14-24-22-11-7-5-9-19(22)18-8-4-6-10-21(18)23/h4-13,23H,14H2,1-3H3. The van der Waals surface area contributed by atoms with E-state index >= 15 is 0 Å². The minimum absolute atomic E-state index is 0.260. The van der Waals surface area contributed by atoms with Crippen molar-refractivity contribution in [1.29, 1.82) is 0 Å². The van der Waals surface area contributed by atoms with Gasteiger partial charge in [0.1, 0.15) is 18.1 Å². The van der Waals surface area contributed by atoms with Gasteiger partial charge in [-0.2, -0.15) is 0 Å². The van der Waals surface area contributed by atoms with Crippen LogP contribution in [-0.4, -0.2) is 5.11 Å². The number of aryl methyl sites for hydroxylation is 3. The second-order valence-electron chi connectivity index (χ2n) is 6.18. The topological polar surface area (TPSA) is 29.5 Å². The molecule has 0 heterocycles. The summed E-state index contributed by atoms with van der Waals surface area (Å²) in [6.07, 6.45) is 0. The number of hydrogen-bond acceptors (Lipinski definition) is 2. The van der Waals surface area contributed by atoms with E-state index in [-0.39, 0.29) is 5.75 Å². The SMILES string of the molecule is Cc1cc(C)c(COc2ccccc2-c2ccccc2O)c(C)c1. The van der Waals surface area contributed by atoms with Gasteiger partial charge < -0.3 is 9.84 Å². The number of phenols is 1. The summed E-state index contributed by atoms with van der Waals surface area (Å²) in [5.74, 6) is 1.04. The van der Waals surface area contributed by atoms with Gasteiger partial charge in [-0.05, 0) is 49.6 Å². The van der Waals surface area contributed by atoms with Gasteiger partial charge in [0, 0.05) is 11.1 Å². The number of aromatic hydroxyl groups is 1. The van der Waals surface area contributed by atoms with Gasteiger partial charge in [-0.1, -0.05) is 54.1 Å². The highest BCUT2D eigenvalue weighted by atomic mass is 16.5. The van der Waals surface area contributed by atoms with E-state index in [0.717, 1.165) is 16.9 Å². The van der Waals surface area contributed by atoms with Gasteiger partial charge >= 0.3 is 0 Å². The Labute approximate surface area is 143 Å². The monoisotopic (exact) mass is 318 g/mol. The summed E-state index contributed by atoms with van der Waals surface area (Å²) in [5, 5.41) is 10.1. The molecule has 0 atom stereocenters. The minimum atomic E-state index is 0.260. The van der Waals surface area contributed by atoms with E-state index < -0.39 is 0 Å². The van der Waals surface area contributed by atoms with E-state index in [1.165, 1.54) is 22.3 Å². The van der Waals surface area contributed by atoms with E-state index in [4.69, 9.17) is 4.74 Å². The smallest absolute Gasteiger partial charge is 0.127 e. The van der Waals surface area contributed by atoms with E-state index in [1.807, 2.05) is 42.5 Å². The molecule has 2 heteroatoms. The first kappa shape index (κ1) is 16.1. The van der Waals surface area contributed by atoms with Crippen LogP contribution in [0.2, 0.25) is 0 Å². The molecule has 0 unspecified atom stereocenters. The zero-order valence-electron chi connectivity index (χ0n) is 14.3. The molecule has 0 spiro atoms. The summed E-state index contributed by atoms with van der Waals surface area (Å²) >= 11 is 0.